The van der Waals surface area contributed by atoms with Crippen molar-refractivity contribution in [2.24, 2.45) is 0 Å². The van der Waals surface area contributed by atoms with E-state index < -0.39 is 20.8 Å². The average molecular weight is 409 g/mol. The number of aromatic nitrogens is 3. The van der Waals surface area contributed by atoms with Crippen LogP contribution in [-0.2, 0) is 20.8 Å². The maximum atomic E-state index is 4.93. The van der Waals surface area contributed by atoms with Gasteiger partial charge in [0.1, 0.15) is 12.7 Å². The first-order chi connectivity index (χ1) is 10.8. The quantitative estimate of drug-likeness (QED) is 0.540. The van der Waals surface area contributed by atoms with Crippen molar-refractivity contribution in [2.45, 2.75) is 6.42 Å². The first kappa shape index (κ1) is 17.3. The van der Waals surface area contributed by atoms with Gasteiger partial charge in [0.05, 0.1) is 0 Å². The summed E-state index contributed by atoms with van der Waals surface area (Å²) in [5.41, 5.74) is 1.06. The molecule has 2 aromatic carbocycles. The van der Waals surface area contributed by atoms with Gasteiger partial charge in [0.25, 0.3) is 0 Å². The largest absolute Gasteiger partial charge is 0.240 e. The first-order valence-corrected chi connectivity index (χ1v) is 12.9. The van der Waals surface area contributed by atoms with E-state index in [1.54, 1.807) is 11.0 Å². The standard InChI is InChI=1S/C11H8N3.C5H5.2ClH.Zr/c1-2-4-10-6-11(5-9(10)3-1)14-8-12-7-13-14;1-2-4-5-3-1;;;/h1-8H;1-3H,4H2;2*1H;/q2*-1;;;+4/p-2. The van der Waals surface area contributed by atoms with E-state index in [-0.39, 0.29) is 0 Å². The van der Waals surface area contributed by atoms with Gasteiger partial charge in [-0.05, 0) is 5.69 Å². The predicted octanol–water partition coefficient (Wildman–Crippen LogP) is 4.82. The van der Waals surface area contributed by atoms with Gasteiger partial charge in [-0.3, -0.25) is 6.08 Å². The number of nitrogens with zero attached hydrogens (tertiary/aromatic N) is 3. The third-order valence-corrected chi connectivity index (χ3v) is 2.87. The van der Waals surface area contributed by atoms with Crippen LogP contribution in [0.3, 0.4) is 0 Å². The number of rotatable bonds is 1. The molecule has 6 heteroatoms. The molecule has 4 rings (SSSR count). The number of benzene rings is 1. The molecule has 0 unspecified atom stereocenters. The Morgan fingerprint density at radius 2 is 2.09 bits per heavy atom. The van der Waals surface area contributed by atoms with Gasteiger partial charge in [-0.1, -0.05) is 6.07 Å². The molecule has 0 bridgehead atoms. The molecule has 0 aliphatic heterocycles. The summed E-state index contributed by atoms with van der Waals surface area (Å²) in [6.45, 7) is 0. The van der Waals surface area contributed by atoms with E-state index >= 15 is 0 Å². The van der Waals surface area contributed by atoms with Crippen molar-refractivity contribution in [3.05, 3.63) is 73.4 Å². The second-order valence-corrected chi connectivity index (χ2v) is 7.99. The Hall–Kier alpha value is -1.09. The van der Waals surface area contributed by atoms with E-state index in [2.05, 4.69) is 46.5 Å². The third-order valence-electron chi connectivity index (χ3n) is 2.87. The summed E-state index contributed by atoms with van der Waals surface area (Å²) in [5, 5.41) is 6.56. The van der Waals surface area contributed by atoms with Gasteiger partial charge in [-0.2, -0.15) is 11.2 Å². The fourth-order valence-corrected chi connectivity index (χ4v) is 1.95. The van der Waals surface area contributed by atoms with E-state index in [1.165, 1.54) is 17.1 Å². The topological polar surface area (TPSA) is 30.7 Å². The maximum Gasteiger partial charge on any atom is 0.138 e. The Morgan fingerprint density at radius 1 is 1.27 bits per heavy atom. The average Bonchev–Trinajstić information content (AvgIpc) is 3.29. The maximum absolute atomic E-state index is 4.93. The molecule has 1 aromatic heterocycles. The molecule has 1 heterocycles. The molecule has 0 fully saturated rings. The van der Waals surface area contributed by atoms with E-state index in [0.717, 1.165) is 12.1 Å². The zero-order valence-corrected chi connectivity index (χ0v) is 15.6. The number of allylic oxidation sites excluding steroid dienone is 4. The minimum atomic E-state index is -0.826. The van der Waals surface area contributed by atoms with Crippen LogP contribution >= 0.6 is 17.0 Å². The molecule has 0 atom stereocenters. The predicted molar refractivity (Wildman–Crippen MR) is 87.7 cm³/mol. The van der Waals surface area contributed by atoms with Crippen LogP contribution in [0.1, 0.15) is 6.42 Å². The van der Waals surface area contributed by atoms with E-state index in [9.17, 15) is 0 Å². The summed E-state index contributed by atoms with van der Waals surface area (Å²) in [6.07, 6.45) is 13.2. The van der Waals surface area contributed by atoms with Crippen molar-refractivity contribution in [3.63, 3.8) is 0 Å². The molecule has 3 nitrogen and oxygen atoms in total. The van der Waals surface area contributed by atoms with E-state index in [1.807, 2.05) is 24.3 Å². The third kappa shape index (κ3) is 5.28. The molecular formula is C16H13Cl2N3Zr. The van der Waals surface area contributed by atoms with Gasteiger partial charge in [0.15, 0.2) is 0 Å². The van der Waals surface area contributed by atoms with E-state index in [4.69, 9.17) is 17.0 Å². The van der Waals surface area contributed by atoms with Gasteiger partial charge in [-0.25, -0.2) is 21.8 Å². The molecule has 1 aliphatic carbocycles. The molecule has 22 heavy (non-hydrogen) atoms. The number of hydrogen-bond donors (Lipinski definition) is 0. The summed E-state index contributed by atoms with van der Waals surface area (Å²) in [5.74, 6) is 0. The Morgan fingerprint density at radius 3 is 2.64 bits per heavy atom. The fraction of sp³-hybridized carbons (Fsp3) is 0.0625. The van der Waals surface area contributed by atoms with Gasteiger partial charge in [-0.15, -0.1) is 47.5 Å². The van der Waals surface area contributed by atoms with Crippen molar-refractivity contribution in [1.29, 1.82) is 0 Å². The van der Waals surface area contributed by atoms with Crippen LogP contribution in [0.15, 0.2) is 67.3 Å². The van der Waals surface area contributed by atoms with Crippen LogP contribution < -0.4 is 0 Å². The summed E-state index contributed by atoms with van der Waals surface area (Å²) in [7, 11) is 9.87. The van der Waals surface area contributed by atoms with Gasteiger partial charge in [0, 0.05) is 0 Å². The molecule has 0 saturated heterocycles. The van der Waals surface area contributed by atoms with Crippen LogP contribution in [0, 0.1) is 6.08 Å². The van der Waals surface area contributed by atoms with Crippen LogP contribution in [0.25, 0.3) is 16.5 Å². The monoisotopic (exact) mass is 407 g/mol. The van der Waals surface area contributed by atoms with Crippen LogP contribution in [0.5, 0.6) is 0 Å². The Balaban J connectivity index is 0.000000184. The molecule has 0 saturated carbocycles. The smallest absolute Gasteiger partial charge is 0.138 e. The fourth-order valence-electron chi connectivity index (χ4n) is 1.95. The molecular weight excluding hydrogens is 396 g/mol. The number of halogens is 2. The second-order valence-electron chi connectivity index (χ2n) is 4.26. The zero-order valence-electron chi connectivity index (χ0n) is 11.7. The van der Waals surface area contributed by atoms with Gasteiger partial charge < -0.3 is 0 Å². The summed E-state index contributed by atoms with van der Waals surface area (Å²) in [4.78, 5) is 3.92. The molecule has 3 aromatic rings. The van der Waals surface area contributed by atoms with Crippen molar-refractivity contribution in [1.82, 2.24) is 14.8 Å². The molecule has 0 spiro atoms. The van der Waals surface area contributed by atoms with Crippen LogP contribution in [0.4, 0.5) is 0 Å². The molecule has 0 radical (unpaired) electrons. The minimum Gasteiger partial charge on any atom is -0.240 e. The van der Waals surface area contributed by atoms with Crippen molar-refractivity contribution in [2.75, 3.05) is 0 Å². The van der Waals surface area contributed by atoms with E-state index in [0.29, 0.717) is 0 Å². The summed E-state index contributed by atoms with van der Waals surface area (Å²) in [6, 6.07) is 12.5. The molecule has 0 N–H and O–H groups in total. The Kier molecular flexibility index (Phi) is 7.72. The first-order valence-electron chi connectivity index (χ1n) is 6.53. The Bertz CT molecular complexity index is 690. The zero-order chi connectivity index (χ0) is 15.6. The van der Waals surface area contributed by atoms with Crippen LogP contribution in [-0.4, -0.2) is 14.8 Å². The number of fused-ring (bicyclic) bond motifs is 1. The number of hydrogen-bond acceptors (Lipinski definition) is 2. The second kappa shape index (κ2) is 9.83. The van der Waals surface area contributed by atoms with Crippen molar-refractivity contribution in [3.8, 4) is 5.69 Å². The summed E-state index contributed by atoms with van der Waals surface area (Å²) >= 11 is -0.826. The van der Waals surface area contributed by atoms with Gasteiger partial charge in [0.2, 0.25) is 0 Å². The van der Waals surface area contributed by atoms with Crippen molar-refractivity contribution < 1.29 is 20.8 Å². The normalized spacial score (nSPS) is 11.4. The van der Waals surface area contributed by atoms with Gasteiger partial charge >= 0.3 is 37.9 Å². The molecule has 1 aliphatic rings. The Labute approximate surface area is 148 Å². The SMILES string of the molecule is [C-]1=CC=CC1.[Cl][Zr+2][Cl].c1ccc2[cH-]c(-n3cncn3)cc2c1. The minimum absolute atomic E-state index is 0.826. The molecule has 110 valence electrons. The molecule has 0 amide bonds. The summed E-state index contributed by atoms with van der Waals surface area (Å²) < 4.78 is 1.76. The van der Waals surface area contributed by atoms with Crippen LogP contribution in [0.2, 0.25) is 0 Å². The van der Waals surface area contributed by atoms with Crippen molar-refractivity contribution >= 4 is 27.8 Å².